The number of rotatable bonds is 13. The van der Waals surface area contributed by atoms with E-state index >= 15 is 0 Å². The Hall–Kier alpha value is -3.96. The molecule has 4 aliphatic rings. The number of anilines is 1. The van der Waals surface area contributed by atoms with Crippen molar-refractivity contribution in [3.05, 3.63) is 83.4 Å². The summed E-state index contributed by atoms with van der Waals surface area (Å²) in [5, 5.41) is 29.4. The number of hydrogen-bond donors (Lipinski definition) is 4. The summed E-state index contributed by atoms with van der Waals surface area (Å²) in [6, 6.07) is 20.8. The van der Waals surface area contributed by atoms with Gasteiger partial charge in [-0.25, -0.2) is 0 Å². The van der Waals surface area contributed by atoms with E-state index in [0.29, 0.717) is 35.5 Å². The molecule has 2 bridgehead atoms. The number of ether oxygens (including phenoxy) is 1. The highest BCUT2D eigenvalue weighted by atomic mass is 16.7. The SMILES string of the molecule is COc1c(CN2O[C@@H](CO)[C@H]([C@H](C)O)[C@H]2C(=O)N[C@H]2C[C@H]3C[C@@H]([C@@H]2C)C3(C)C)cccc1-c1cc(C(=O)NC(C)Cc2ccccc2)cc(N(C)C)c1. The van der Waals surface area contributed by atoms with Gasteiger partial charge in [-0.1, -0.05) is 69.3 Å². The maximum absolute atomic E-state index is 14.2. The van der Waals surface area contributed by atoms with E-state index in [2.05, 4.69) is 43.5 Å². The van der Waals surface area contributed by atoms with Gasteiger partial charge in [0.2, 0.25) is 5.91 Å². The number of aliphatic hydroxyl groups is 2. The zero-order valence-corrected chi connectivity index (χ0v) is 32.5. The summed E-state index contributed by atoms with van der Waals surface area (Å²) < 4.78 is 6.07. The molecule has 3 aromatic carbocycles. The van der Waals surface area contributed by atoms with Gasteiger partial charge < -0.3 is 30.5 Å². The normalized spacial score (nSPS) is 27.3. The summed E-state index contributed by atoms with van der Waals surface area (Å²) in [6.45, 7) is 10.4. The summed E-state index contributed by atoms with van der Waals surface area (Å²) in [5.41, 5.74) is 5.17. The lowest BCUT2D eigenvalue weighted by Crippen LogP contribution is -2.62. The third-order valence-electron chi connectivity index (χ3n) is 12.5. The molecule has 4 N–H and O–H groups in total. The molecular formula is C43H58N4O6. The molecule has 0 aromatic heterocycles. The molecule has 2 amide bonds. The minimum Gasteiger partial charge on any atom is -0.496 e. The first kappa shape index (κ1) is 38.8. The summed E-state index contributed by atoms with van der Waals surface area (Å²) in [7, 11) is 5.49. The number of nitrogens with zero attached hydrogens (tertiary/aromatic N) is 2. The van der Waals surface area contributed by atoms with Gasteiger partial charge in [0.1, 0.15) is 17.9 Å². The van der Waals surface area contributed by atoms with Crippen LogP contribution in [0, 0.1) is 29.1 Å². The molecule has 1 saturated heterocycles. The fraction of sp³-hybridized carbons (Fsp3) is 0.535. The van der Waals surface area contributed by atoms with Crippen molar-refractivity contribution in [1.82, 2.24) is 15.7 Å². The molecule has 10 heteroatoms. The topological polar surface area (TPSA) is 124 Å². The van der Waals surface area contributed by atoms with Crippen LogP contribution < -0.4 is 20.3 Å². The highest BCUT2D eigenvalue weighted by Gasteiger charge is 2.57. The molecule has 7 rings (SSSR count). The van der Waals surface area contributed by atoms with Crippen LogP contribution in [0.1, 0.15) is 68.9 Å². The van der Waals surface area contributed by atoms with Gasteiger partial charge >= 0.3 is 0 Å². The van der Waals surface area contributed by atoms with Gasteiger partial charge in [0, 0.05) is 54.5 Å². The van der Waals surface area contributed by atoms with E-state index in [1.165, 1.54) is 6.42 Å². The summed E-state index contributed by atoms with van der Waals surface area (Å²) in [6.07, 6.45) is 1.20. The van der Waals surface area contributed by atoms with Crippen LogP contribution in [0.2, 0.25) is 0 Å². The number of hydroxylamine groups is 2. The number of para-hydroxylation sites is 1. The average molecular weight is 727 g/mol. The molecule has 286 valence electrons. The number of amides is 2. The second-order valence-electron chi connectivity index (χ2n) is 16.5. The predicted molar refractivity (Wildman–Crippen MR) is 207 cm³/mol. The quantitative estimate of drug-likeness (QED) is 0.184. The zero-order chi connectivity index (χ0) is 38.2. The van der Waals surface area contributed by atoms with Gasteiger partial charge in [-0.15, -0.1) is 0 Å². The lowest BCUT2D eigenvalue weighted by atomic mass is 9.45. The van der Waals surface area contributed by atoms with Crippen molar-refractivity contribution < 1.29 is 29.4 Å². The Morgan fingerprint density at radius 3 is 2.42 bits per heavy atom. The van der Waals surface area contributed by atoms with Crippen LogP contribution in [0.5, 0.6) is 5.75 Å². The van der Waals surface area contributed by atoms with Crippen molar-refractivity contribution in [2.75, 3.05) is 32.7 Å². The van der Waals surface area contributed by atoms with Crippen LogP contribution in [0.4, 0.5) is 5.69 Å². The van der Waals surface area contributed by atoms with E-state index in [1.807, 2.05) is 80.5 Å². The second-order valence-corrected chi connectivity index (χ2v) is 16.5. The fourth-order valence-corrected chi connectivity index (χ4v) is 9.31. The molecule has 9 atom stereocenters. The Morgan fingerprint density at radius 1 is 1.06 bits per heavy atom. The minimum atomic E-state index is -0.897. The molecule has 1 heterocycles. The molecule has 1 unspecified atom stereocenters. The Morgan fingerprint density at radius 2 is 1.79 bits per heavy atom. The maximum atomic E-state index is 14.2. The van der Waals surface area contributed by atoms with Crippen molar-refractivity contribution in [1.29, 1.82) is 0 Å². The first-order valence-electron chi connectivity index (χ1n) is 19.1. The zero-order valence-electron chi connectivity index (χ0n) is 32.5. The molecule has 1 aliphatic heterocycles. The van der Waals surface area contributed by atoms with E-state index in [9.17, 15) is 19.8 Å². The standard InChI is InChI=1S/C43H58N4O6/c1-25(17-28-13-10-9-11-14-28)44-41(50)31-18-30(19-33(20-31)46(6)7)34-16-12-15-29(40(34)52-8)23-47-39(38(27(3)49)37(24-48)53-47)42(51)45-36-22-32-21-35(26(36)2)43(32,4)5/h9-16,18-20,25-27,32,35-39,48-49H,17,21-24H2,1-8H3,(H,44,50)(H,45,51)/t25?,26-,27-,32+,35-,36-,37-,38-,39-/m0/s1. The number of methoxy groups -OCH3 is 1. The Balaban J connectivity index is 1.27. The highest BCUT2D eigenvalue weighted by molar-refractivity contribution is 5.97. The summed E-state index contributed by atoms with van der Waals surface area (Å²) >= 11 is 0. The minimum absolute atomic E-state index is 0.0403. The Kier molecular flexibility index (Phi) is 11.5. The largest absolute Gasteiger partial charge is 0.496 e. The monoisotopic (exact) mass is 726 g/mol. The number of benzene rings is 3. The molecule has 4 fully saturated rings. The average Bonchev–Trinajstić information content (AvgIpc) is 3.50. The van der Waals surface area contributed by atoms with Gasteiger partial charge in [0.15, 0.2) is 0 Å². The van der Waals surface area contributed by atoms with Gasteiger partial charge in [-0.05, 0) is 85.6 Å². The van der Waals surface area contributed by atoms with Crippen molar-refractivity contribution in [3.63, 3.8) is 0 Å². The molecule has 0 radical (unpaired) electrons. The van der Waals surface area contributed by atoms with Gasteiger partial charge in [0.05, 0.1) is 26.4 Å². The summed E-state index contributed by atoms with van der Waals surface area (Å²) in [4.78, 5) is 36.1. The second kappa shape index (κ2) is 15.8. The number of carbonyl (C=O) groups is 2. The molecule has 3 saturated carbocycles. The van der Waals surface area contributed by atoms with E-state index < -0.39 is 24.2 Å². The number of fused-ring (bicyclic) bond motifs is 2. The van der Waals surface area contributed by atoms with Crippen molar-refractivity contribution in [2.24, 2.45) is 29.1 Å². The van der Waals surface area contributed by atoms with E-state index in [4.69, 9.17) is 9.57 Å². The van der Waals surface area contributed by atoms with E-state index in [0.717, 1.165) is 34.4 Å². The molecule has 3 aliphatic carbocycles. The highest BCUT2D eigenvalue weighted by Crippen LogP contribution is 2.61. The van der Waals surface area contributed by atoms with E-state index in [1.54, 1.807) is 19.1 Å². The van der Waals surface area contributed by atoms with Gasteiger partial charge in [-0.2, -0.15) is 5.06 Å². The molecule has 0 spiro atoms. The third-order valence-corrected chi connectivity index (χ3v) is 12.5. The fourth-order valence-electron chi connectivity index (χ4n) is 9.31. The number of aliphatic hydroxyl groups excluding tert-OH is 2. The van der Waals surface area contributed by atoms with Gasteiger partial charge in [-0.3, -0.25) is 14.4 Å². The van der Waals surface area contributed by atoms with Gasteiger partial charge in [0.25, 0.3) is 5.91 Å². The molecule has 3 aromatic rings. The molecule has 53 heavy (non-hydrogen) atoms. The van der Waals surface area contributed by atoms with E-state index in [-0.39, 0.29) is 42.5 Å². The van der Waals surface area contributed by atoms with Crippen LogP contribution in [-0.4, -0.2) is 85.2 Å². The first-order valence-corrected chi connectivity index (χ1v) is 19.1. The molecule has 10 nitrogen and oxygen atoms in total. The number of carbonyl (C=O) groups excluding carboxylic acids is 2. The van der Waals surface area contributed by atoms with Crippen molar-refractivity contribution in [2.45, 2.75) is 90.8 Å². The van der Waals surface area contributed by atoms with Crippen molar-refractivity contribution in [3.8, 4) is 16.9 Å². The van der Waals surface area contributed by atoms with Crippen LogP contribution in [-0.2, 0) is 22.6 Å². The van der Waals surface area contributed by atoms with Crippen LogP contribution in [0.25, 0.3) is 11.1 Å². The predicted octanol–water partition coefficient (Wildman–Crippen LogP) is 5.45. The van der Waals surface area contributed by atoms with Crippen molar-refractivity contribution >= 4 is 17.5 Å². The lowest BCUT2D eigenvalue weighted by Gasteiger charge is -2.62. The smallest absolute Gasteiger partial charge is 0.251 e. The van der Waals surface area contributed by atoms with Crippen LogP contribution >= 0.6 is 0 Å². The third kappa shape index (κ3) is 7.83. The lowest BCUT2D eigenvalue weighted by molar-refractivity contribution is -0.183. The molecular weight excluding hydrogens is 668 g/mol. The maximum Gasteiger partial charge on any atom is 0.251 e. The Labute approximate surface area is 314 Å². The summed E-state index contributed by atoms with van der Waals surface area (Å²) in [5.74, 6) is 1.05. The Bertz CT molecular complexity index is 1760. The van der Waals surface area contributed by atoms with Crippen LogP contribution in [0.15, 0.2) is 66.7 Å². The van der Waals surface area contributed by atoms with Crippen LogP contribution in [0.3, 0.4) is 0 Å². The number of nitrogens with one attached hydrogen (secondary N) is 2. The number of hydrogen-bond acceptors (Lipinski definition) is 8. The first-order chi connectivity index (χ1) is 25.2.